The zero-order valence-corrected chi connectivity index (χ0v) is 22.8. The third-order valence-corrected chi connectivity index (χ3v) is 7.66. The molecular formula is C30H30N2O5S. The molecule has 8 heteroatoms. The Bertz CT molecular complexity index is 1560. The molecule has 1 aliphatic rings. The number of rotatable bonds is 7. The number of carbonyl (C=O) groups is 2. The summed E-state index contributed by atoms with van der Waals surface area (Å²) >= 11 is 0. The lowest BCUT2D eigenvalue weighted by Crippen LogP contribution is -2.34. The van der Waals surface area contributed by atoms with E-state index in [4.69, 9.17) is 4.74 Å². The first-order valence-corrected chi connectivity index (χ1v) is 13.8. The first-order chi connectivity index (χ1) is 18.0. The lowest BCUT2D eigenvalue weighted by Gasteiger charge is -2.16. The van der Waals surface area contributed by atoms with Gasteiger partial charge in [0.05, 0.1) is 5.69 Å². The number of aromatic nitrogens is 1. The van der Waals surface area contributed by atoms with Gasteiger partial charge in [0.2, 0.25) is 5.88 Å². The summed E-state index contributed by atoms with van der Waals surface area (Å²) in [6, 6.07) is 15.0. The molecule has 0 spiro atoms. The van der Waals surface area contributed by atoms with Crippen molar-refractivity contribution in [2.75, 3.05) is 0 Å². The van der Waals surface area contributed by atoms with Crippen LogP contribution in [0, 0.1) is 20.8 Å². The summed E-state index contributed by atoms with van der Waals surface area (Å²) in [6.07, 6.45) is 4.16. The zero-order valence-electron chi connectivity index (χ0n) is 22.0. The number of carbonyl (C=O) groups excluding carboxylic acids is 2. The summed E-state index contributed by atoms with van der Waals surface area (Å²) in [4.78, 5) is 29.6. The first kappa shape index (κ1) is 27.0. The number of hydrogen-bond donors (Lipinski definition) is 1. The number of ether oxygens (including phenoxy) is 1. The average Bonchev–Trinajstić information content (AvgIpc) is 2.86. The molecule has 1 aliphatic carbocycles. The maximum atomic E-state index is 13.2. The monoisotopic (exact) mass is 530 g/mol. The van der Waals surface area contributed by atoms with E-state index in [-0.39, 0.29) is 17.9 Å². The van der Waals surface area contributed by atoms with E-state index in [9.17, 15) is 18.0 Å². The SMILES string of the molecule is Cc1cc(C)c(Oc2nc(-c3ccc(C(C)C)cc3)ccc2C(=O)NS(=O)(=O)C2=CC=CCC2=O)c(C)c1. The molecule has 0 saturated carbocycles. The molecule has 0 saturated heterocycles. The van der Waals surface area contributed by atoms with Gasteiger partial charge in [-0.15, -0.1) is 0 Å². The van der Waals surface area contributed by atoms with Gasteiger partial charge >= 0.3 is 0 Å². The van der Waals surface area contributed by atoms with Crippen molar-refractivity contribution in [2.24, 2.45) is 0 Å². The lowest BCUT2D eigenvalue weighted by atomic mass is 10.0. The first-order valence-electron chi connectivity index (χ1n) is 12.3. The highest BCUT2D eigenvalue weighted by atomic mass is 32.2. The van der Waals surface area contributed by atoms with Crippen molar-refractivity contribution in [1.82, 2.24) is 9.71 Å². The Balaban J connectivity index is 1.76. The van der Waals surface area contributed by atoms with E-state index >= 15 is 0 Å². The molecule has 3 aromatic rings. The van der Waals surface area contributed by atoms with Gasteiger partial charge in [-0.25, -0.2) is 18.1 Å². The minimum Gasteiger partial charge on any atom is -0.438 e. The van der Waals surface area contributed by atoms with E-state index in [0.717, 1.165) is 22.3 Å². The number of ketones is 1. The third-order valence-electron chi connectivity index (χ3n) is 6.26. The van der Waals surface area contributed by atoms with E-state index in [1.165, 1.54) is 23.8 Å². The van der Waals surface area contributed by atoms with Crippen LogP contribution >= 0.6 is 0 Å². The molecule has 1 heterocycles. The van der Waals surface area contributed by atoms with Crippen LogP contribution in [0.1, 0.15) is 58.8 Å². The normalized spacial score (nSPS) is 13.4. The number of benzene rings is 2. The van der Waals surface area contributed by atoms with Crippen molar-refractivity contribution in [2.45, 2.75) is 47.0 Å². The van der Waals surface area contributed by atoms with E-state index in [0.29, 0.717) is 17.4 Å². The molecule has 1 amide bonds. The molecular weight excluding hydrogens is 500 g/mol. The maximum absolute atomic E-state index is 13.2. The van der Waals surface area contributed by atoms with Gasteiger partial charge in [0.15, 0.2) is 5.78 Å². The van der Waals surface area contributed by atoms with E-state index in [1.807, 2.05) is 61.9 Å². The van der Waals surface area contributed by atoms with Crippen LogP contribution in [-0.4, -0.2) is 25.1 Å². The van der Waals surface area contributed by atoms with E-state index in [2.05, 4.69) is 18.8 Å². The lowest BCUT2D eigenvalue weighted by molar-refractivity contribution is -0.114. The van der Waals surface area contributed by atoms with Crippen molar-refractivity contribution < 1.29 is 22.7 Å². The van der Waals surface area contributed by atoms with E-state index in [1.54, 1.807) is 12.1 Å². The molecule has 38 heavy (non-hydrogen) atoms. The predicted molar refractivity (Wildman–Crippen MR) is 148 cm³/mol. The fraction of sp³-hybridized carbons (Fsp3) is 0.233. The number of Topliss-reactive ketones (excluding diaryl/α,β-unsaturated/α-hetero) is 1. The Kier molecular flexibility index (Phi) is 7.64. The fourth-order valence-corrected chi connectivity index (χ4v) is 5.42. The van der Waals surface area contributed by atoms with Crippen LogP contribution in [0.3, 0.4) is 0 Å². The highest BCUT2D eigenvalue weighted by Crippen LogP contribution is 2.33. The van der Waals surface area contributed by atoms with Crippen molar-refractivity contribution in [3.63, 3.8) is 0 Å². The minimum atomic E-state index is -4.39. The Hall–Kier alpha value is -4.04. The molecule has 2 aromatic carbocycles. The van der Waals surface area contributed by atoms with Crippen LogP contribution in [-0.2, 0) is 14.8 Å². The molecule has 0 fully saturated rings. The van der Waals surface area contributed by atoms with Crippen LogP contribution in [0.25, 0.3) is 11.3 Å². The topological polar surface area (TPSA) is 102 Å². The second-order valence-corrected chi connectivity index (χ2v) is 11.3. The van der Waals surface area contributed by atoms with Crippen molar-refractivity contribution >= 4 is 21.7 Å². The van der Waals surface area contributed by atoms with Crippen LogP contribution in [0.4, 0.5) is 0 Å². The van der Waals surface area contributed by atoms with Crippen molar-refractivity contribution in [3.05, 3.63) is 99.5 Å². The summed E-state index contributed by atoms with van der Waals surface area (Å²) in [6.45, 7) is 9.98. The van der Waals surface area contributed by atoms with Crippen molar-refractivity contribution in [1.29, 1.82) is 0 Å². The van der Waals surface area contributed by atoms with Gasteiger partial charge in [-0.2, -0.15) is 0 Å². The average molecular weight is 531 g/mol. The Morgan fingerprint density at radius 1 is 1.00 bits per heavy atom. The van der Waals surface area contributed by atoms with Gasteiger partial charge in [-0.05, 0) is 61.6 Å². The molecule has 1 aromatic heterocycles. The second-order valence-electron chi connectivity index (χ2n) is 9.68. The Labute approximate surface area is 223 Å². The number of aryl methyl sites for hydroxylation is 3. The Morgan fingerprint density at radius 3 is 2.26 bits per heavy atom. The number of nitrogens with one attached hydrogen (secondary N) is 1. The maximum Gasteiger partial charge on any atom is 0.270 e. The molecule has 1 N–H and O–H groups in total. The summed E-state index contributed by atoms with van der Waals surface area (Å²) < 4.78 is 33.9. The summed E-state index contributed by atoms with van der Waals surface area (Å²) in [5.74, 6) is -0.670. The number of allylic oxidation sites excluding steroid dienone is 4. The molecule has 0 unspecified atom stereocenters. The van der Waals surface area contributed by atoms with Gasteiger partial charge in [0, 0.05) is 12.0 Å². The van der Waals surface area contributed by atoms with Gasteiger partial charge in [0.25, 0.3) is 15.9 Å². The molecule has 7 nitrogen and oxygen atoms in total. The zero-order chi connectivity index (χ0) is 27.6. The summed E-state index contributed by atoms with van der Waals surface area (Å²) in [5, 5.41) is 0. The number of sulfonamides is 1. The number of pyridine rings is 1. The molecule has 0 atom stereocenters. The quantitative estimate of drug-likeness (QED) is 0.398. The number of hydrogen-bond acceptors (Lipinski definition) is 6. The van der Waals surface area contributed by atoms with Gasteiger partial charge in [-0.3, -0.25) is 9.59 Å². The largest absolute Gasteiger partial charge is 0.438 e. The Morgan fingerprint density at radius 2 is 1.66 bits per heavy atom. The molecule has 4 rings (SSSR count). The molecule has 0 bridgehead atoms. The number of nitrogens with zero attached hydrogens (tertiary/aromatic N) is 1. The van der Waals surface area contributed by atoms with Crippen LogP contribution in [0.5, 0.6) is 11.6 Å². The highest BCUT2D eigenvalue weighted by molar-refractivity contribution is 7.95. The van der Waals surface area contributed by atoms with Crippen LogP contribution in [0.2, 0.25) is 0 Å². The van der Waals surface area contributed by atoms with Crippen LogP contribution in [0.15, 0.2) is 71.7 Å². The summed E-state index contributed by atoms with van der Waals surface area (Å²) in [7, 11) is -4.39. The van der Waals surface area contributed by atoms with Crippen molar-refractivity contribution in [3.8, 4) is 22.9 Å². The van der Waals surface area contributed by atoms with Gasteiger partial charge < -0.3 is 4.74 Å². The third kappa shape index (κ3) is 5.75. The summed E-state index contributed by atoms with van der Waals surface area (Å²) in [5.41, 5.74) is 5.24. The predicted octanol–water partition coefficient (Wildman–Crippen LogP) is 6.06. The minimum absolute atomic E-state index is 0.0398. The molecule has 0 radical (unpaired) electrons. The standard InChI is InChI=1S/C30H30N2O5S/c1-18(2)22-10-12-23(13-11-22)25-15-14-24(29(34)32-38(35,36)27-9-7-6-8-26(27)33)30(31-25)37-28-20(4)16-19(3)17-21(28)5/h6-7,9-18H,8H2,1-5H3,(H,32,34). The van der Waals surface area contributed by atoms with Crippen LogP contribution < -0.4 is 9.46 Å². The number of amides is 1. The molecule has 0 aliphatic heterocycles. The van der Waals surface area contributed by atoms with E-state index < -0.39 is 26.6 Å². The highest BCUT2D eigenvalue weighted by Gasteiger charge is 2.29. The molecule has 196 valence electrons. The second kappa shape index (κ2) is 10.8. The smallest absolute Gasteiger partial charge is 0.270 e. The van der Waals surface area contributed by atoms with Gasteiger partial charge in [0.1, 0.15) is 16.2 Å². The van der Waals surface area contributed by atoms with Gasteiger partial charge in [-0.1, -0.05) is 68.0 Å². The fourth-order valence-electron chi connectivity index (χ4n) is 4.31.